The van der Waals surface area contributed by atoms with Crippen molar-refractivity contribution in [2.45, 2.75) is 39.0 Å². The molecule has 0 unspecified atom stereocenters. The number of alkyl halides is 2. The molecule has 6 nitrogen and oxygen atoms in total. The van der Waals surface area contributed by atoms with Gasteiger partial charge < -0.3 is 23.8 Å². The zero-order valence-corrected chi connectivity index (χ0v) is 17.0. The van der Waals surface area contributed by atoms with Gasteiger partial charge in [-0.25, -0.2) is 0 Å². The van der Waals surface area contributed by atoms with Crippen LogP contribution >= 0.6 is 0 Å². The van der Waals surface area contributed by atoms with Crippen LogP contribution in [0, 0.1) is 0 Å². The number of rotatable bonds is 11. The second-order valence-corrected chi connectivity index (χ2v) is 6.81. The standard InChI is InChI=1S/C22H25F2NO5/c1-3-28-17-7-9-18(10-8-17)29-14-21(26)25(16-5-6-16)13-15-4-11-19(30-22(23)24)20(12-15)27-2/h4,7-12,16,22H,3,5-6,13-14H2,1-2H3. The number of carbonyl (C=O) groups excluding carboxylic acids is 1. The molecule has 1 amide bonds. The maximum atomic E-state index is 12.8. The van der Waals surface area contributed by atoms with Gasteiger partial charge in [-0.05, 0) is 61.7 Å². The second-order valence-electron chi connectivity index (χ2n) is 6.81. The first-order chi connectivity index (χ1) is 14.5. The molecule has 0 saturated heterocycles. The van der Waals surface area contributed by atoms with Gasteiger partial charge in [0.05, 0.1) is 13.7 Å². The lowest BCUT2D eigenvalue weighted by molar-refractivity contribution is -0.134. The van der Waals surface area contributed by atoms with Crippen molar-refractivity contribution in [3.05, 3.63) is 48.0 Å². The number of hydrogen-bond acceptors (Lipinski definition) is 5. The van der Waals surface area contributed by atoms with Crippen LogP contribution in [-0.4, -0.2) is 43.8 Å². The van der Waals surface area contributed by atoms with Gasteiger partial charge in [-0.15, -0.1) is 0 Å². The van der Waals surface area contributed by atoms with Gasteiger partial charge in [-0.1, -0.05) is 6.07 Å². The fraction of sp³-hybridized carbons (Fsp3) is 0.409. The molecule has 0 bridgehead atoms. The number of ether oxygens (including phenoxy) is 4. The average Bonchev–Trinajstić information content (AvgIpc) is 3.57. The first-order valence-corrected chi connectivity index (χ1v) is 9.77. The number of methoxy groups -OCH3 is 1. The molecule has 0 aromatic heterocycles. The van der Waals surface area contributed by atoms with E-state index in [2.05, 4.69) is 4.74 Å². The van der Waals surface area contributed by atoms with Crippen LogP contribution in [0.4, 0.5) is 8.78 Å². The highest BCUT2D eigenvalue weighted by molar-refractivity contribution is 5.78. The Morgan fingerprint density at radius 3 is 2.30 bits per heavy atom. The van der Waals surface area contributed by atoms with E-state index < -0.39 is 6.61 Å². The number of halogens is 2. The smallest absolute Gasteiger partial charge is 0.387 e. The predicted octanol–water partition coefficient (Wildman–Crippen LogP) is 4.27. The van der Waals surface area contributed by atoms with Gasteiger partial charge in [0.25, 0.3) is 5.91 Å². The summed E-state index contributed by atoms with van der Waals surface area (Å²) in [5.74, 6) is 1.33. The molecule has 1 aliphatic carbocycles. The van der Waals surface area contributed by atoms with Gasteiger partial charge in [-0.3, -0.25) is 4.79 Å². The quantitative estimate of drug-likeness (QED) is 0.543. The molecule has 0 N–H and O–H groups in total. The Labute approximate surface area is 174 Å². The van der Waals surface area contributed by atoms with Gasteiger partial charge in [0.1, 0.15) is 11.5 Å². The van der Waals surface area contributed by atoms with Gasteiger partial charge in [0, 0.05) is 12.6 Å². The molecule has 2 aromatic rings. The lowest BCUT2D eigenvalue weighted by Crippen LogP contribution is -2.36. The number of amides is 1. The molecule has 162 valence electrons. The molecule has 0 radical (unpaired) electrons. The Morgan fingerprint density at radius 2 is 1.73 bits per heavy atom. The number of carbonyl (C=O) groups is 1. The molecule has 0 aliphatic heterocycles. The third-order valence-electron chi connectivity index (χ3n) is 4.60. The molecule has 3 rings (SSSR count). The normalized spacial score (nSPS) is 13.1. The molecule has 1 aliphatic rings. The zero-order valence-electron chi connectivity index (χ0n) is 17.0. The summed E-state index contributed by atoms with van der Waals surface area (Å²) in [6.45, 7) is -0.205. The van der Waals surface area contributed by atoms with Crippen LogP contribution in [0.25, 0.3) is 0 Å². The van der Waals surface area contributed by atoms with E-state index in [9.17, 15) is 13.6 Å². The molecule has 1 fully saturated rings. The topological polar surface area (TPSA) is 57.2 Å². The van der Waals surface area contributed by atoms with Crippen molar-refractivity contribution in [2.24, 2.45) is 0 Å². The SMILES string of the molecule is CCOc1ccc(OCC(=O)N(Cc2ccc(OC(F)F)c(OC)c2)C2CC2)cc1. The molecular weight excluding hydrogens is 396 g/mol. The largest absolute Gasteiger partial charge is 0.494 e. The first-order valence-electron chi connectivity index (χ1n) is 9.77. The Balaban J connectivity index is 1.62. The van der Waals surface area contributed by atoms with E-state index in [-0.39, 0.29) is 30.1 Å². The monoisotopic (exact) mass is 421 g/mol. The third kappa shape index (κ3) is 5.98. The van der Waals surface area contributed by atoms with Crippen LogP contribution in [-0.2, 0) is 11.3 Å². The fourth-order valence-electron chi connectivity index (χ4n) is 3.03. The summed E-state index contributed by atoms with van der Waals surface area (Å²) in [5.41, 5.74) is 0.759. The number of nitrogens with zero attached hydrogens (tertiary/aromatic N) is 1. The molecular formula is C22H25F2NO5. The molecule has 2 aromatic carbocycles. The molecule has 0 atom stereocenters. The Bertz CT molecular complexity index is 840. The predicted molar refractivity (Wildman–Crippen MR) is 106 cm³/mol. The first kappa shape index (κ1) is 21.7. The number of hydrogen-bond donors (Lipinski definition) is 0. The maximum Gasteiger partial charge on any atom is 0.387 e. The van der Waals surface area contributed by atoms with E-state index in [1.54, 1.807) is 41.3 Å². The molecule has 0 heterocycles. The van der Waals surface area contributed by atoms with Crippen molar-refractivity contribution in [3.8, 4) is 23.0 Å². The van der Waals surface area contributed by atoms with E-state index in [0.717, 1.165) is 24.2 Å². The van der Waals surface area contributed by atoms with E-state index in [1.807, 2.05) is 6.92 Å². The maximum absolute atomic E-state index is 12.8. The molecule has 30 heavy (non-hydrogen) atoms. The van der Waals surface area contributed by atoms with Crippen LogP contribution in [0.5, 0.6) is 23.0 Å². The van der Waals surface area contributed by atoms with Crippen molar-refractivity contribution >= 4 is 5.91 Å². The molecule has 1 saturated carbocycles. The van der Waals surface area contributed by atoms with Crippen LogP contribution < -0.4 is 18.9 Å². The minimum atomic E-state index is -2.94. The second kappa shape index (κ2) is 10.1. The summed E-state index contributed by atoms with van der Waals surface area (Å²) in [7, 11) is 1.38. The van der Waals surface area contributed by atoms with E-state index in [0.29, 0.717) is 18.9 Å². The van der Waals surface area contributed by atoms with Crippen LogP contribution in [0.15, 0.2) is 42.5 Å². The Kier molecular flexibility index (Phi) is 7.32. The summed E-state index contributed by atoms with van der Waals surface area (Å²) >= 11 is 0. The summed E-state index contributed by atoms with van der Waals surface area (Å²) in [6.07, 6.45) is 1.86. The summed E-state index contributed by atoms with van der Waals surface area (Å²) in [4.78, 5) is 14.5. The molecule has 0 spiro atoms. The lowest BCUT2D eigenvalue weighted by Gasteiger charge is -2.23. The average molecular weight is 421 g/mol. The summed E-state index contributed by atoms with van der Waals surface area (Å²) in [5, 5.41) is 0. The van der Waals surface area contributed by atoms with Crippen LogP contribution in [0.1, 0.15) is 25.3 Å². The van der Waals surface area contributed by atoms with E-state index >= 15 is 0 Å². The van der Waals surface area contributed by atoms with Crippen molar-refractivity contribution < 1.29 is 32.5 Å². The fourth-order valence-corrected chi connectivity index (χ4v) is 3.03. The van der Waals surface area contributed by atoms with Crippen molar-refractivity contribution in [2.75, 3.05) is 20.3 Å². The third-order valence-corrected chi connectivity index (χ3v) is 4.60. The Hall–Kier alpha value is -3.03. The molecule has 8 heteroatoms. The van der Waals surface area contributed by atoms with Gasteiger partial charge in [0.2, 0.25) is 0 Å². The minimum absolute atomic E-state index is 0.0422. The van der Waals surface area contributed by atoms with Gasteiger partial charge in [0.15, 0.2) is 18.1 Å². The highest BCUT2D eigenvalue weighted by Gasteiger charge is 2.33. The van der Waals surface area contributed by atoms with E-state index in [1.165, 1.54) is 13.2 Å². The minimum Gasteiger partial charge on any atom is -0.494 e. The zero-order chi connectivity index (χ0) is 21.5. The lowest BCUT2D eigenvalue weighted by atomic mass is 10.2. The van der Waals surface area contributed by atoms with E-state index in [4.69, 9.17) is 14.2 Å². The number of benzene rings is 2. The van der Waals surface area contributed by atoms with Crippen molar-refractivity contribution in [1.82, 2.24) is 4.90 Å². The van der Waals surface area contributed by atoms with Crippen LogP contribution in [0.2, 0.25) is 0 Å². The highest BCUT2D eigenvalue weighted by atomic mass is 19.3. The highest BCUT2D eigenvalue weighted by Crippen LogP contribution is 2.32. The van der Waals surface area contributed by atoms with Crippen molar-refractivity contribution in [3.63, 3.8) is 0 Å². The van der Waals surface area contributed by atoms with Gasteiger partial charge >= 0.3 is 6.61 Å². The van der Waals surface area contributed by atoms with Crippen LogP contribution in [0.3, 0.4) is 0 Å². The Morgan fingerprint density at radius 1 is 1.07 bits per heavy atom. The summed E-state index contributed by atoms with van der Waals surface area (Å²) in [6, 6.07) is 11.9. The van der Waals surface area contributed by atoms with Crippen molar-refractivity contribution in [1.29, 1.82) is 0 Å². The summed E-state index contributed by atoms with van der Waals surface area (Å²) < 4.78 is 45.6. The van der Waals surface area contributed by atoms with Gasteiger partial charge in [-0.2, -0.15) is 8.78 Å².